The lowest BCUT2D eigenvalue weighted by Crippen LogP contribution is -2.51. The Labute approximate surface area is 132 Å². The molecule has 1 atom stereocenters. The van der Waals surface area contributed by atoms with Crippen molar-refractivity contribution in [2.75, 3.05) is 45.2 Å². The largest absolute Gasteiger partial charge is 0.385 e. The second kappa shape index (κ2) is 7.32. The van der Waals surface area contributed by atoms with Crippen LogP contribution in [0.1, 0.15) is 26.3 Å². The number of aliphatic hydroxyl groups excluding tert-OH is 1. The molecule has 126 valence electrons. The van der Waals surface area contributed by atoms with Crippen molar-refractivity contribution in [3.8, 4) is 0 Å². The van der Waals surface area contributed by atoms with Crippen LogP contribution in [0, 0.1) is 0 Å². The molecule has 0 aliphatic carbocycles. The normalized spacial score (nSPS) is 18.1. The molecule has 9 heteroatoms. The number of hydrogen-bond donors (Lipinski definition) is 1. The summed E-state index contributed by atoms with van der Waals surface area (Å²) in [4.78, 5) is 10.3. The highest BCUT2D eigenvalue weighted by atomic mass is 32.2. The van der Waals surface area contributed by atoms with Gasteiger partial charge in [0.25, 0.3) is 10.2 Å². The predicted molar refractivity (Wildman–Crippen MR) is 85.8 cm³/mol. The molecule has 1 aliphatic heterocycles. The lowest BCUT2D eigenvalue weighted by Gasteiger charge is -2.35. The van der Waals surface area contributed by atoms with Crippen LogP contribution in [-0.2, 0) is 10.2 Å². The Bertz CT molecular complexity index is 583. The van der Waals surface area contributed by atoms with Crippen molar-refractivity contribution in [2.45, 2.75) is 20.5 Å². The second-order valence-electron chi connectivity index (χ2n) is 5.13. The SMILES string of the molecule is C.C[C@H](O)c1nccc(N2CCN(S(=O)(=O)N(C)C)CC2)n1. The van der Waals surface area contributed by atoms with Gasteiger partial charge in [0.1, 0.15) is 11.9 Å². The van der Waals surface area contributed by atoms with Crippen LogP contribution in [0.4, 0.5) is 5.82 Å². The minimum absolute atomic E-state index is 0. The van der Waals surface area contributed by atoms with Crippen molar-refractivity contribution < 1.29 is 13.5 Å². The molecule has 0 bridgehead atoms. The van der Waals surface area contributed by atoms with Gasteiger partial charge in [0, 0.05) is 46.5 Å². The van der Waals surface area contributed by atoms with E-state index >= 15 is 0 Å². The third-order valence-corrected chi connectivity index (χ3v) is 5.32. The zero-order chi connectivity index (χ0) is 15.6. The Morgan fingerprint density at radius 2 is 1.86 bits per heavy atom. The fraction of sp³-hybridized carbons (Fsp3) is 0.692. The van der Waals surface area contributed by atoms with Crippen LogP contribution in [0.5, 0.6) is 0 Å². The molecular formula is C13H25N5O3S. The Morgan fingerprint density at radius 3 is 2.36 bits per heavy atom. The number of nitrogens with zero attached hydrogens (tertiary/aromatic N) is 5. The maximum Gasteiger partial charge on any atom is 0.281 e. The summed E-state index contributed by atoms with van der Waals surface area (Å²) >= 11 is 0. The first-order chi connectivity index (χ1) is 9.82. The van der Waals surface area contributed by atoms with Gasteiger partial charge in [-0.15, -0.1) is 0 Å². The molecule has 1 aliphatic rings. The highest BCUT2D eigenvalue weighted by Crippen LogP contribution is 2.17. The lowest BCUT2D eigenvalue weighted by molar-refractivity contribution is 0.189. The second-order valence-corrected chi connectivity index (χ2v) is 7.27. The van der Waals surface area contributed by atoms with Crippen molar-refractivity contribution in [1.82, 2.24) is 18.6 Å². The number of rotatable bonds is 4. The zero-order valence-electron chi connectivity index (χ0n) is 12.5. The van der Waals surface area contributed by atoms with Gasteiger partial charge in [-0.2, -0.15) is 17.0 Å². The number of anilines is 1. The van der Waals surface area contributed by atoms with E-state index in [9.17, 15) is 13.5 Å². The number of aromatic nitrogens is 2. The van der Waals surface area contributed by atoms with Crippen molar-refractivity contribution in [2.24, 2.45) is 0 Å². The fourth-order valence-electron chi connectivity index (χ4n) is 2.12. The molecule has 2 rings (SSSR count). The highest BCUT2D eigenvalue weighted by molar-refractivity contribution is 7.86. The van der Waals surface area contributed by atoms with Gasteiger partial charge in [-0.25, -0.2) is 9.97 Å². The molecule has 22 heavy (non-hydrogen) atoms. The predicted octanol–water partition coefficient (Wildman–Crippen LogP) is 0.0944. The maximum atomic E-state index is 12.0. The smallest absolute Gasteiger partial charge is 0.281 e. The third kappa shape index (κ3) is 3.92. The van der Waals surface area contributed by atoms with Crippen LogP contribution in [0.15, 0.2) is 12.3 Å². The Morgan fingerprint density at radius 1 is 1.27 bits per heavy atom. The van der Waals surface area contributed by atoms with E-state index in [0.717, 1.165) is 0 Å². The molecule has 0 aromatic carbocycles. The van der Waals surface area contributed by atoms with Crippen molar-refractivity contribution in [3.05, 3.63) is 18.1 Å². The summed E-state index contributed by atoms with van der Waals surface area (Å²) in [6, 6.07) is 1.77. The molecule has 0 spiro atoms. The maximum absolute atomic E-state index is 12.0. The molecule has 0 radical (unpaired) electrons. The van der Waals surface area contributed by atoms with E-state index in [1.165, 1.54) is 22.7 Å². The summed E-state index contributed by atoms with van der Waals surface area (Å²) in [6.45, 7) is 3.55. The van der Waals surface area contributed by atoms with E-state index in [4.69, 9.17) is 0 Å². The highest BCUT2D eigenvalue weighted by Gasteiger charge is 2.29. The van der Waals surface area contributed by atoms with Gasteiger partial charge in [0.15, 0.2) is 5.82 Å². The summed E-state index contributed by atoms with van der Waals surface area (Å²) < 4.78 is 26.8. The topological polar surface area (TPSA) is 89.9 Å². The van der Waals surface area contributed by atoms with Crippen LogP contribution in [-0.4, -0.2) is 72.4 Å². The van der Waals surface area contributed by atoms with E-state index in [1.807, 2.05) is 4.90 Å². The van der Waals surface area contributed by atoms with Gasteiger partial charge < -0.3 is 10.0 Å². The Balaban J connectivity index is 0.00000242. The first-order valence-corrected chi connectivity index (χ1v) is 8.15. The monoisotopic (exact) mass is 331 g/mol. The molecule has 1 N–H and O–H groups in total. The first kappa shape index (κ1) is 18.8. The Kier molecular flexibility index (Phi) is 6.24. The molecule has 0 saturated carbocycles. The number of piperazine rings is 1. The molecule has 2 heterocycles. The quantitative estimate of drug-likeness (QED) is 0.841. The summed E-state index contributed by atoms with van der Waals surface area (Å²) in [6.07, 6.45) is 0.883. The number of hydrogen-bond acceptors (Lipinski definition) is 6. The Hall–Kier alpha value is -1.29. The van der Waals surface area contributed by atoms with Gasteiger partial charge in [-0.1, -0.05) is 7.43 Å². The van der Waals surface area contributed by atoms with Gasteiger partial charge in [0.2, 0.25) is 0 Å². The van der Waals surface area contributed by atoms with E-state index in [1.54, 1.807) is 19.2 Å². The van der Waals surface area contributed by atoms with Crippen molar-refractivity contribution in [1.29, 1.82) is 0 Å². The van der Waals surface area contributed by atoms with Gasteiger partial charge >= 0.3 is 0 Å². The summed E-state index contributed by atoms with van der Waals surface area (Å²) in [5.41, 5.74) is 0. The minimum Gasteiger partial charge on any atom is -0.385 e. The minimum atomic E-state index is -3.36. The van der Waals surface area contributed by atoms with Crippen LogP contribution in [0.3, 0.4) is 0 Å². The lowest BCUT2D eigenvalue weighted by atomic mass is 10.3. The molecular weight excluding hydrogens is 306 g/mol. The summed E-state index contributed by atoms with van der Waals surface area (Å²) in [5.74, 6) is 1.08. The molecule has 1 fully saturated rings. The van der Waals surface area contributed by atoms with Crippen LogP contribution < -0.4 is 4.90 Å². The number of aliphatic hydroxyl groups is 1. The van der Waals surface area contributed by atoms with E-state index < -0.39 is 16.3 Å². The standard InChI is InChI=1S/C12H21N5O3S.CH4/c1-10(18)12-13-5-4-11(14-12)16-6-8-17(9-7-16)21(19,20)15(2)3;/h4-5,10,18H,6-9H2,1-3H3;1H4/t10-;/m0./s1. The molecule has 8 nitrogen and oxygen atoms in total. The van der Waals surface area contributed by atoms with Gasteiger partial charge in [0.05, 0.1) is 0 Å². The first-order valence-electron chi connectivity index (χ1n) is 6.76. The third-order valence-electron chi connectivity index (χ3n) is 3.38. The van der Waals surface area contributed by atoms with Crippen LogP contribution in [0.25, 0.3) is 0 Å². The van der Waals surface area contributed by atoms with E-state index in [2.05, 4.69) is 9.97 Å². The average Bonchev–Trinajstić information content (AvgIpc) is 2.47. The molecule has 1 aromatic heterocycles. The van der Waals surface area contributed by atoms with Crippen molar-refractivity contribution in [3.63, 3.8) is 0 Å². The van der Waals surface area contributed by atoms with Crippen LogP contribution in [0.2, 0.25) is 0 Å². The summed E-state index contributed by atoms with van der Waals surface area (Å²) in [5, 5.41) is 9.52. The molecule has 0 amide bonds. The average molecular weight is 331 g/mol. The van der Waals surface area contributed by atoms with Crippen molar-refractivity contribution >= 4 is 16.0 Å². The molecule has 0 unspecified atom stereocenters. The molecule has 1 saturated heterocycles. The van der Waals surface area contributed by atoms with E-state index in [-0.39, 0.29) is 7.43 Å². The van der Waals surface area contributed by atoms with Gasteiger partial charge in [-0.05, 0) is 13.0 Å². The molecule has 1 aromatic rings. The zero-order valence-corrected chi connectivity index (χ0v) is 13.3. The summed E-state index contributed by atoms with van der Waals surface area (Å²) in [7, 11) is -0.302. The van der Waals surface area contributed by atoms with Crippen LogP contribution >= 0.6 is 0 Å². The fourth-order valence-corrected chi connectivity index (χ4v) is 3.21. The van der Waals surface area contributed by atoms with E-state index in [0.29, 0.717) is 37.8 Å². The van der Waals surface area contributed by atoms with Gasteiger partial charge in [-0.3, -0.25) is 0 Å².